The van der Waals surface area contributed by atoms with E-state index >= 15 is 0 Å². The molecular weight excluding hydrogens is 469 g/mol. The van der Waals surface area contributed by atoms with Crippen LogP contribution in [0.3, 0.4) is 0 Å². The van der Waals surface area contributed by atoms with Crippen LogP contribution in [0.2, 0.25) is 0 Å². The second-order valence-corrected chi connectivity index (χ2v) is 10.1. The van der Waals surface area contributed by atoms with Crippen LogP contribution in [0.25, 0.3) is 0 Å². The molecule has 0 atom stereocenters. The molecular formula is C22H23FN3O3S3-. The van der Waals surface area contributed by atoms with Gasteiger partial charge in [-0.3, -0.25) is 10.1 Å². The highest BCUT2D eigenvalue weighted by Crippen LogP contribution is 2.30. The van der Waals surface area contributed by atoms with Crippen LogP contribution in [-0.4, -0.2) is 22.6 Å². The third-order valence-electron chi connectivity index (χ3n) is 4.39. The van der Waals surface area contributed by atoms with Crippen molar-refractivity contribution in [3.05, 3.63) is 57.0 Å². The Balaban J connectivity index is 1.56. The fraction of sp³-hybridized carbons (Fsp3) is 0.318. The average molecular weight is 493 g/mol. The molecule has 10 heteroatoms. The molecule has 1 amide bonds. The molecule has 0 aliphatic carbocycles. The Morgan fingerprint density at radius 1 is 1.22 bits per heavy atom. The Bertz CT molecular complexity index is 1070. The van der Waals surface area contributed by atoms with Crippen molar-refractivity contribution in [1.82, 2.24) is 4.98 Å². The summed E-state index contributed by atoms with van der Waals surface area (Å²) in [5, 5.41) is 18.6. The van der Waals surface area contributed by atoms with E-state index in [0.29, 0.717) is 22.2 Å². The summed E-state index contributed by atoms with van der Waals surface area (Å²) in [5.74, 6) is -0.832. The van der Waals surface area contributed by atoms with Crippen molar-refractivity contribution in [3.8, 4) is 0 Å². The van der Waals surface area contributed by atoms with Gasteiger partial charge in [0.25, 0.3) is 5.91 Å². The molecule has 2 aromatic heterocycles. The van der Waals surface area contributed by atoms with E-state index in [2.05, 4.69) is 22.5 Å². The maximum absolute atomic E-state index is 13.7. The second-order valence-electron chi connectivity index (χ2n) is 6.96. The lowest BCUT2D eigenvalue weighted by molar-refractivity contribution is -0.304. The van der Waals surface area contributed by atoms with Crippen LogP contribution in [0.4, 0.5) is 15.2 Å². The molecule has 0 aliphatic rings. The van der Waals surface area contributed by atoms with E-state index in [1.807, 2.05) is 6.07 Å². The molecule has 0 saturated heterocycles. The van der Waals surface area contributed by atoms with E-state index in [1.54, 1.807) is 35.3 Å². The van der Waals surface area contributed by atoms with Crippen molar-refractivity contribution in [2.75, 3.05) is 16.4 Å². The molecule has 0 fully saturated rings. The number of aliphatic carboxylic acids is 1. The summed E-state index contributed by atoms with van der Waals surface area (Å²) in [5.41, 5.74) is 1.22. The molecule has 0 spiro atoms. The fourth-order valence-corrected chi connectivity index (χ4v) is 5.43. The van der Waals surface area contributed by atoms with Gasteiger partial charge in [0.15, 0.2) is 5.13 Å². The zero-order chi connectivity index (χ0) is 22.9. The molecule has 6 nitrogen and oxygen atoms in total. The van der Waals surface area contributed by atoms with E-state index in [0.717, 1.165) is 40.5 Å². The first kappa shape index (κ1) is 24.2. The minimum absolute atomic E-state index is 0.256. The number of carboxylic acid groups (broad SMARTS) is 1. The lowest BCUT2D eigenvalue weighted by Crippen LogP contribution is -2.24. The third-order valence-corrected chi connectivity index (χ3v) is 7.42. The normalized spacial score (nSPS) is 10.8. The number of nitrogens with one attached hydrogen (secondary N) is 2. The monoisotopic (exact) mass is 492 g/mol. The molecule has 3 rings (SSSR count). The zero-order valence-electron chi connectivity index (χ0n) is 17.5. The summed E-state index contributed by atoms with van der Waals surface area (Å²) in [7, 11) is 0. The van der Waals surface area contributed by atoms with Gasteiger partial charge in [0.1, 0.15) is 5.82 Å². The van der Waals surface area contributed by atoms with Crippen LogP contribution in [0.15, 0.2) is 40.6 Å². The standard InChI is InChI=1S/C22H24FN3O3S3/c1-2-3-4-9-30-19-10-14(23)5-7-17(19)24-12-16-6-8-18(32-16)21(29)26-22-25-15(13-31-22)11-20(27)28/h5-8,10,13,24H,2-4,9,11-12H2,1H3,(H,27,28)(H,25,26,29)/p-1. The Hall–Kier alpha value is -2.43. The zero-order valence-corrected chi connectivity index (χ0v) is 19.9. The first-order chi connectivity index (χ1) is 15.4. The lowest BCUT2D eigenvalue weighted by Gasteiger charge is -2.11. The van der Waals surface area contributed by atoms with Gasteiger partial charge in [0.2, 0.25) is 0 Å². The Morgan fingerprint density at radius 3 is 2.84 bits per heavy atom. The summed E-state index contributed by atoms with van der Waals surface area (Å²) in [6.07, 6.45) is 3.11. The number of aromatic nitrogens is 1. The van der Waals surface area contributed by atoms with E-state index in [-0.39, 0.29) is 18.1 Å². The highest BCUT2D eigenvalue weighted by atomic mass is 32.2. The number of hydrogen-bond donors (Lipinski definition) is 2. The number of unbranched alkanes of at least 4 members (excludes halogenated alkanes) is 2. The number of thioether (sulfide) groups is 1. The smallest absolute Gasteiger partial charge is 0.267 e. The van der Waals surface area contributed by atoms with Crippen LogP contribution in [0.5, 0.6) is 0 Å². The number of anilines is 2. The summed E-state index contributed by atoms with van der Waals surface area (Å²) < 4.78 is 13.7. The van der Waals surface area contributed by atoms with Crippen LogP contribution >= 0.6 is 34.4 Å². The highest BCUT2D eigenvalue weighted by Gasteiger charge is 2.13. The quantitative estimate of drug-likeness (QED) is 0.279. The predicted molar refractivity (Wildman–Crippen MR) is 127 cm³/mol. The molecule has 0 bridgehead atoms. The van der Waals surface area contributed by atoms with Crippen molar-refractivity contribution in [3.63, 3.8) is 0 Å². The Morgan fingerprint density at radius 2 is 2.06 bits per heavy atom. The van der Waals surface area contributed by atoms with E-state index in [4.69, 9.17) is 0 Å². The SMILES string of the molecule is CCCCCSc1cc(F)ccc1NCc1ccc(C(=O)Nc2nc(CC(=O)[O-])cs2)s1. The van der Waals surface area contributed by atoms with Crippen LogP contribution in [0, 0.1) is 5.82 Å². The highest BCUT2D eigenvalue weighted by molar-refractivity contribution is 7.99. The molecule has 0 aliphatic heterocycles. The van der Waals surface area contributed by atoms with Gasteiger partial charge in [0.05, 0.1) is 10.6 Å². The van der Waals surface area contributed by atoms with E-state index in [1.165, 1.54) is 28.7 Å². The number of amides is 1. The van der Waals surface area contributed by atoms with Gasteiger partial charge in [0, 0.05) is 39.8 Å². The molecule has 3 aromatic rings. The number of benzene rings is 1. The van der Waals surface area contributed by atoms with Crippen molar-refractivity contribution >= 4 is 57.1 Å². The first-order valence-electron chi connectivity index (χ1n) is 10.1. The van der Waals surface area contributed by atoms with Crippen molar-refractivity contribution in [2.24, 2.45) is 0 Å². The molecule has 2 heterocycles. The largest absolute Gasteiger partial charge is 0.550 e. The summed E-state index contributed by atoms with van der Waals surface area (Å²) in [6.45, 7) is 2.67. The Kier molecular flexibility index (Phi) is 9.07. The maximum Gasteiger partial charge on any atom is 0.267 e. The minimum atomic E-state index is -1.22. The summed E-state index contributed by atoms with van der Waals surface area (Å²) in [6, 6.07) is 8.33. The number of rotatable bonds is 12. The number of halogens is 1. The topological polar surface area (TPSA) is 94.2 Å². The number of carbonyl (C=O) groups excluding carboxylic acids is 2. The van der Waals surface area contributed by atoms with Crippen molar-refractivity contribution in [1.29, 1.82) is 0 Å². The van der Waals surface area contributed by atoms with Gasteiger partial charge < -0.3 is 15.2 Å². The van der Waals surface area contributed by atoms with Gasteiger partial charge in [-0.2, -0.15) is 0 Å². The molecule has 170 valence electrons. The van der Waals surface area contributed by atoms with Crippen molar-refractivity contribution < 1.29 is 19.1 Å². The number of carbonyl (C=O) groups is 2. The summed E-state index contributed by atoms with van der Waals surface area (Å²) >= 11 is 4.16. The van der Waals surface area contributed by atoms with Gasteiger partial charge in [-0.15, -0.1) is 34.4 Å². The van der Waals surface area contributed by atoms with Crippen LogP contribution in [0.1, 0.15) is 46.4 Å². The predicted octanol–water partition coefficient (Wildman–Crippen LogP) is 4.78. The molecule has 1 aromatic carbocycles. The van der Waals surface area contributed by atoms with Crippen LogP contribution < -0.4 is 15.7 Å². The number of nitrogens with zero attached hydrogens (tertiary/aromatic N) is 1. The lowest BCUT2D eigenvalue weighted by atomic mass is 10.3. The number of carboxylic acids is 1. The van der Waals surface area contributed by atoms with Gasteiger partial charge in [-0.05, 0) is 42.5 Å². The molecule has 0 unspecified atom stereocenters. The molecule has 2 N–H and O–H groups in total. The fourth-order valence-electron chi connectivity index (χ4n) is 2.83. The number of thiophene rings is 1. The van der Waals surface area contributed by atoms with Gasteiger partial charge >= 0.3 is 0 Å². The second kappa shape index (κ2) is 12.0. The first-order valence-corrected chi connectivity index (χ1v) is 12.8. The number of thiazole rings is 1. The van der Waals surface area contributed by atoms with Gasteiger partial charge in [-0.25, -0.2) is 9.37 Å². The average Bonchev–Trinajstić information content (AvgIpc) is 3.40. The number of hydrogen-bond acceptors (Lipinski definition) is 8. The molecule has 0 radical (unpaired) electrons. The summed E-state index contributed by atoms with van der Waals surface area (Å²) in [4.78, 5) is 29.5. The van der Waals surface area contributed by atoms with Crippen LogP contribution in [-0.2, 0) is 17.8 Å². The Labute approximate surface area is 198 Å². The third kappa shape index (κ3) is 7.32. The van der Waals surface area contributed by atoms with E-state index < -0.39 is 5.97 Å². The molecule has 0 saturated carbocycles. The van der Waals surface area contributed by atoms with E-state index in [9.17, 15) is 19.1 Å². The minimum Gasteiger partial charge on any atom is -0.550 e. The maximum atomic E-state index is 13.7. The van der Waals surface area contributed by atoms with Crippen molar-refractivity contribution in [2.45, 2.75) is 44.0 Å². The van der Waals surface area contributed by atoms with Gasteiger partial charge in [-0.1, -0.05) is 19.8 Å². The molecule has 32 heavy (non-hydrogen) atoms.